The predicted molar refractivity (Wildman–Crippen MR) is 80.6 cm³/mol. The lowest BCUT2D eigenvalue weighted by Crippen LogP contribution is -2.10. The third-order valence-corrected chi connectivity index (χ3v) is 3.05. The molecule has 1 aromatic heterocycles. The average molecular weight is 290 g/mol. The molecule has 0 fully saturated rings. The van der Waals surface area contributed by atoms with E-state index >= 15 is 0 Å². The molecule has 2 N–H and O–H groups in total. The van der Waals surface area contributed by atoms with Gasteiger partial charge < -0.3 is 15.2 Å². The Morgan fingerprint density at radius 1 is 1.43 bits per heavy atom. The van der Waals surface area contributed by atoms with Gasteiger partial charge in [-0.05, 0) is 32.0 Å². The van der Waals surface area contributed by atoms with Crippen LogP contribution >= 0.6 is 0 Å². The zero-order chi connectivity index (χ0) is 15.4. The van der Waals surface area contributed by atoms with Gasteiger partial charge in [-0.1, -0.05) is 0 Å². The molecule has 0 spiro atoms. The maximum absolute atomic E-state index is 13.8. The molecule has 1 heterocycles. The van der Waals surface area contributed by atoms with Crippen LogP contribution in [0.2, 0.25) is 0 Å². The summed E-state index contributed by atoms with van der Waals surface area (Å²) in [5.41, 5.74) is 1.87. The van der Waals surface area contributed by atoms with Gasteiger partial charge in [0.1, 0.15) is 5.82 Å². The van der Waals surface area contributed by atoms with Crippen LogP contribution in [0.1, 0.15) is 32.5 Å². The van der Waals surface area contributed by atoms with E-state index in [2.05, 4.69) is 29.5 Å². The van der Waals surface area contributed by atoms with E-state index in [0.29, 0.717) is 24.0 Å². The lowest BCUT2D eigenvalue weighted by Gasteiger charge is -2.14. The van der Waals surface area contributed by atoms with Crippen molar-refractivity contribution in [1.29, 1.82) is 0 Å². The minimum Gasteiger partial charge on any atom is -0.377 e. The van der Waals surface area contributed by atoms with Crippen molar-refractivity contribution in [3.8, 4) is 0 Å². The highest BCUT2D eigenvalue weighted by molar-refractivity contribution is 5.89. The van der Waals surface area contributed by atoms with Crippen molar-refractivity contribution >= 4 is 17.3 Å². The Bertz CT molecular complexity index is 636. The summed E-state index contributed by atoms with van der Waals surface area (Å²) in [7, 11) is 0. The van der Waals surface area contributed by atoms with Gasteiger partial charge in [-0.15, -0.1) is 0 Å². The van der Waals surface area contributed by atoms with Crippen LogP contribution in [-0.2, 0) is 11.3 Å². The van der Waals surface area contributed by atoms with Crippen LogP contribution in [0.15, 0.2) is 30.7 Å². The number of anilines is 2. The molecule has 6 heteroatoms. The summed E-state index contributed by atoms with van der Waals surface area (Å²) in [6, 6.07) is 4.72. The Morgan fingerprint density at radius 3 is 2.86 bits per heavy atom. The Balaban J connectivity index is 2.12. The summed E-state index contributed by atoms with van der Waals surface area (Å²) in [4.78, 5) is 15.1. The first-order valence-corrected chi connectivity index (χ1v) is 6.79. The van der Waals surface area contributed by atoms with Crippen LogP contribution < -0.4 is 10.6 Å². The van der Waals surface area contributed by atoms with E-state index in [4.69, 9.17) is 0 Å². The normalized spacial score (nSPS) is 10.7. The van der Waals surface area contributed by atoms with Gasteiger partial charge in [-0.2, -0.15) is 0 Å². The first-order chi connectivity index (χ1) is 9.97. The highest BCUT2D eigenvalue weighted by Gasteiger charge is 2.08. The summed E-state index contributed by atoms with van der Waals surface area (Å²) in [6.45, 7) is 5.99. The van der Waals surface area contributed by atoms with Gasteiger partial charge in [0, 0.05) is 24.8 Å². The molecule has 0 aliphatic rings. The van der Waals surface area contributed by atoms with Gasteiger partial charge in [-0.3, -0.25) is 4.79 Å². The number of nitrogens with zero attached hydrogens (tertiary/aromatic N) is 2. The number of rotatable bonds is 5. The number of hydrogen-bond acceptors (Lipinski definition) is 3. The minimum atomic E-state index is -0.361. The second-order valence-electron chi connectivity index (χ2n) is 5.12. The van der Waals surface area contributed by atoms with E-state index in [0.717, 1.165) is 5.69 Å². The lowest BCUT2D eigenvalue weighted by atomic mass is 10.2. The molecule has 0 radical (unpaired) electrons. The number of aromatic nitrogens is 2. The number of nitrogens with one attached hydrogen (secondary N) is 2. The van der Waals surface area contributed by atoms with Crippen molar-refractivity contribution in [2.45, 2.75) is 33.4 Å². The third-order valence-electron chi connectivity index (χ3n) is 3.05. The topological polar surface area (TPSA) is 59.0 Å². The minimum absolute atomic E-state index is 0.189. The third kappa shape index (κ3) is 3.81. The Kier molecular flexibility index (Phi) is 4.57. The van der Waals surface area contributed by atoms with Gasteiger partial charge in [0.2, 0.25) is 5.91 Å². The molecule has 1 aromatic carbocycles. The summed E-state index contributed by atoms with van der Waals surface area (Å²) in [5, 5.41) is 5.67. The molecule has 5 nitrogen and oxygen atoms in total. The molecule has 112 valence electrons. The number of carbonyl (C=O) groups is 1. The molecule has 0 atom stereocenters. The van der Waals surface area contributed by atoms with Crippen molar-refractivity contribution in [2.24, 2.45) is 0 Å². The second kappa shape index (κ2) is 6.39. The van der Waals surface area contributed by atoms with Gasteiger partial charge >= 0.3 is 0 Å². The summed E-state index contributed by atoms with van der Waals surface area (Å²) < 4.78 is 15.8. The second-order valence-corrected chi connectivity index (χ2v) is 5.12. The van der Waals surface area contributed by atoms with E-state index < -0.39 is 0 Å². The van der Waals surface area contributed by atoms with Crippen molar-refractivity contribution in [3.63, 3.8) is 0 Å². The number of benzene rings is 1. The maximum atomic E-state index is 13.8. The van der Waals surface area contributed by atoms with Crippen molar-refractivity contribution in [1.82, 2.24) is 9.55 Å². The van der Waals surface area contributed by atoms with Gasteiger partial charge in [0.05, 0.1) is 24.3 Å². The molecule has 0 aliphatic carbocycles. The summed E-state index contributed by atoms with van der Waals surface area (Å²) in [5.74, 6) is -0.551. The molecule has 2 rings (SSSR count). The molecule has 0 bridgehead atoms. The van der Waals surface area contributed by atoms with E-state index in [9.17, 15) is 9.18 Å². The molecule has 0 aliphatic heterocycles. The fraction of sp³-hybridized carbons (Fsp3) is 0.333. The highest BCUT2D eigenvalue weighted by Crippen LogP contribution is 2.21. The molecule has 0 saturated carbocycles. The van der Waals surface area contributed by atoms with E-state index in [1.165, 1.54) is 19.1 Å². The van der Waals surface area contributed by atoms with E-state index in [1.807, 2.05) is 4.57 Å². The maximum Gasteiger partial charge on any atom is 0.221 e. The average Bonchev–Trinajstić information content (AvgIpc) is 2.87. The highest BCUT2D eigenvalue weighted by atomic mass is 19.1. The quantitative estimate of drug-likeness (QED) is 0.889. The van der Waals surface area contributed by atoms with Crippen LogP contribution in [0, 0.1) is 5.82 Å². The Morgan fingerprint density at radius 2 is 2.19 bits per heavy atom. The lowest BCUT2D eigenvalue weighted by molar-refractivity contribution is -0.114. The van der Waals surface area contributed by atoms with Crippen LogP contribution in [0.25, 0.3) is 0 Å². The van der Waals surface area contributed by atoms with Gasteiger partial charge in [0.15, 0.2) is 0 Å². The molecule has 0 unspecified atom stereocenters. The smallest absolute Gasteiger partial charge is 0.221 e. The SMILES string of the molecule is CC(=O)Nc1ccc(F)c(NCc2cncn2C(C)C)c1. The number of halogens is 1. The monoisotopic (exact) mass is 290 g/mol. The van der Waals surface area contributed by atoms with E-state index in [1.54, 1.807) is 18.6 Å². The standard InChI is InChI=1S/C15H19FN4O/c1-10(2)20-9-17-7-13(20)8-18-15-6-12(19-11(3)21)4-5-14(15)16/h4-7,9-10,18H,8H2,1-3H3,(H,19,21). The van der Waals surface area contributed by atoms with Gasteiger partial charge in [-0.25, -0.2) is 9.37 Å². The number of amides is 1. The van der Waals surface area contributed by atoms with E-state index in [-0.39, 0.29) is 11.7 Å². The zero-order valence-corrected chi connectivity index (χ0v) is 12.4. The molecular formula is C15H19FN4O. The Hall–Kier alpha value is -2.37. The number of hydrogen-bond donors (Lipinski definition) is 2. The van der Waals surface area contributed by atoms with Crippen LogP contribution in [0.3, 0.4) is 0 Å². The summed E-state index contributed by atoms with van der Waals surface area (Å²) >= 11 is 0. The fourth-order valence-electron chi connectivity index (χ4n) is 2.06. The zero-order valence-electron chi connectivity index (χ0n) is 12.4. The van der Waals surface area contributed by atoms with Crippen molar-refractivity contribution < 1.29 is 9.18 Å². The van der Waals surface area contributed by atoms with Gasteiger partial charge in [0.25, 0.3) is 0 Å². The number of imidazole rings is 1. The summed E-state index contributed by atoms with van der Waals surface area (Å²) in [6.07, 6.45) is 3.51. The first kappa shape index (κ1) is 15.0. The molecule has 2 aromatic rings. The largest absolute Gasteiger partial charge is 0.377 e. The molecule has 0 saturated heterocycles. The van der Waals surface area contributed by atoms with Crippen LogP contribution in [0.4, 0.5) is 15.8 Å². The first-order valence-electron chi connectivity index (χ1n) is 6.79. The predicted octanol–water partition coefficient (Wildman–Crippen LogP) is 3.17. The van der Waals surface area contributed by atoms with Crippen LogP contribution in [0.5, 0.6) is 0 Å². The van der Waals surface area contributed by atoms with Crippen molar-refractivity contribution in [2.75, 3.05) is 10.6 Å². The Labute approximate surface area is 123 Å². The molecule has 1 amide bonds. The molecular weight excluding hydrogens is 271 g/mol. The number of carbonyl (C=O) groups excluding carboxylic acids is 1. The van der Waals surface area contributed by atoms with Crippen molar-refractivity contribution in [3.05, 3.63) is 42.2 Å². The van der Waals surface area contributed by atoms with Crippen LogP contribution in [-0.4, -0.2) is 15.5 Å². The molecule has 21 heavy (non-hydrogen) atoms. The fourth-order valence-corrected chi connectivity index (χ4v) is 2.06.